The Morgan fingerprint density at radius 2 is 1.85 bits per heavy atom. The number of nitrogens with one attached hydrogen (secondary N) is 2. The van der Waals surface area contributed by atoms with Gasteiger partial charge < -0.3 is 30.7 Å². The second-order valence-corrected chi connectivity index (χ2v) is 8.19. The van der Waals surface area contributed by atoms with Crippen molar-refractivity contribution in [1.82, 2.24) is 4.90 Å². The summed E-state index contributed by atoms with van der Waals surface area (Å²) in [4.78, 5) is 26.3. The Bertz CT molecular complexity index is 1020. The van der Waals surface area contributed by atoms with Crippen molar-refractivity contribution < 1.29 is 23.5 Å². The predicted octanol–water partition coefficient (Wildman–Crippen LogP) is 3.86. The van der Waals surface area contributed by atoms with Gasteiger partial charge in [-0.2, -0.15) is 0 Å². The van der Waals surface area contributed by atoms with Gasteiger partial charge >= 0.3 is 0 Å². The monoisotopic (exact) mass is 470 g/mol. The zero-order valence-electron chi connectivity index (χ0n) is 19.5. The molecule has 1 fully saturated rings. The molecule has 1 atom stereocenters. The normalized spacial score (nSPS) is 15.1. The molecule has 4 N–H and O–H groups in total. The number of rotatable bonds is 10. The first-order valence-corrected chi connectivity index (χ1v) is 11.1. The number of hydrogen-bond acceptors (Lipinski definition) is 6. The summed E-state index contributed by atoms with van der Waals surface area (Å²) in [7, 11) is 1.55. The van der Waals surface area contributed by atoms with E-state index in [1.54, 1.807) is 36.3 Å². The number of carbonyl (C=O) groups is 2. The molecule has 1 aliphatic rings. The van der Waals surface area contributed by atoms with E-state index in [0.29, 0.717) is 30.3 Å². The number of anilines is 3. The minimum atomic E-state index is -0.564. The lowest BCUT2D eigenvalue weighted by Gasteiger charge is -2.21. The second kappa shape index (κ2) is 11.5. The van der Waals surface area contributed by atoms with Gasteiger partial charge in [0.25, 0.3) is 0 Å². The maximum Gasteiger partial charge on any atom is 0.233 e. The van der Waals surface area contributed by atoms with Crippen molar-refractivity contribution in [1.29, 1.82) is 0 Å². The van der Waals surface area contributed by atoms with Crippen molar-refractivity contribution in [2.75, 3.05) is 43.2 Å². The predicted molar refractivity (Wildman–Crippen MR) is 131 cm³/mol. The van der Waals surface area contributed by atoms with Gasteiger partial charge in [-0.15, -0.1) is 0 Å². The quantitative estimate of drug-likeness (QED) is 0.277. The molecule has 2 aromatic rings. The Kier molecular flexibility index (Phi) is 8.48. The van der Waals surface area contributed by atoms with E-state index in [4.69, 9.17) is 15.2 Å². The first-order valence-electron chi connectivity index (χ1n) is 11.1. The number of ether oxygens (including phenoxy) is 2. The van der Waals surface area contributed by atoms with Crippen LogP contribution in [-0.2, 0) is 14.3 Å². The summed E-state index contributed by atoms with van der Waals surface area (Å²) in [6.07, 6.45) is 1.75. The smallest absolute Gasteiger partial charge is 0.233 e. The highest BCUT2D eigenvalue weighted by Gasteiger charge is 2.26. The Labute approximate surface area is 198 Å². The molecule has 9 heteroatoms. The van der Waals surface area contributed by atoms with Crippen LogP contribution in [0.5, 0.6) is 5.75 Å². The molecule has 34 heavy (non-hydrogen) atoms. The molecule has 0 aromatic heterocycles. The number of nitrogens with zero attached hydrogens (tertiary/aromatic N) is 1. The lowest BCUT2D eigenvalue weighted by atomic mass is 10.1. The molecule has 8 nitrogen and oxygen atoms in total. The molecule has 2 amide bonds. The lowest BCUT2D eigenvalue weighted by molar-refractivity contribution is -0.135. The van der Waals surface area contributed by atoms with Crippen LogP contribution < -0.4 is 21.1 Å². The Balaban J connectivity index is 1.56. The van der Waals surface area contributed by atoms with Gasteiger partial charge in [-0.25, -0.2) is 4.39 Å². The van der Waals surface area contributed by atoms with Gasteiger partial charge in [0.15, 0.2) is 0 Å². The number of methoxy groups -OCH3 is 1. The molecular weight excluding hydrogens is 439 g/mol. The fraction of sp³-hybridized carbons (Fsp3) is 0.360. The first-order chi connectivity index (χ1) is 16.3. The van der Waals surface area contributed by atoms with Gasteiger partial charge in [0.05, 0.1) is 12.2 Å². The maximum atomic E-state index is 14.7. The number of halogens is 1. The zero-order valence-corrected chi connectivity index (χ0v) is 19.5. The van der Waals surface area contributed by atoms with E-state index < -0.39 is 5.82 Å². The molecule has 182 valence electrons. The van der Waals surface area contributed by atoms with E-state index in [2.05, 4.69) is 17.2 Å². The Hall–Kier alpha value is -3.59. The summed E-state index contributed by atoms with van der Waals surface area (Å²) < 4.78 is 25.0. The number of benzene rings is 2. The van der Waals surface area contributed by atoms with Gasteiger partial charge in [0, 0.05) is 54.6 Å². The first kappa shape index (κ1) is 25.0. The van der Waals surface area contributed by atoms with Crippen LogP contribution in [-0.4, -0.2) is 49.6 Å². The maximum absolute atomic E-state index is 14.7. The molecule has 1 saturated heterocycles. The highest BCUT2D eigenvalue weighted by molar-refractivity contribution is 6.03. The van der Waals surface area contributed by atoms with Crippen LogP contribution >= 0.6 is 0 Å². The summed E-state index contributed by atoms with van der Waals surface area (Å²) >= 11 is 0. The van der Waals surface area contributed by atoms with E-state index in [1.165, 1.54) is 12.1 Å². The highest BCUT2D eigenvalue weighted by atomic mass is 19.1. The van der Waals surface area contributed by atoms with E-state index in [0.717, 1.165) is 12.8 Å². The van der Waals surface area contributed by atoms with Crippen LogP contribution in [0.4, 0.5) is 21.5 Å². The summed E-state index contributed by atoms with van der Waals surface area (Å²) in [5, 5.41) is 5.75. The minimum absolute atomic E-state index is 0.145. The Morgan fingerprint density at radius 3 is 2.44 bits per heavy atom. The van der Waals surface area contributed by atoms with E-state index in [-0.39, 0.29) is 47.8 Å². The van der Waals surface area contributed by atoms with Crippen LogP contribution in [0, 0.1) is 5.82 Å². The third-order valence-corrected chi connectivity index (χ3v) is 5.60. The van der Waals surface area contributed by atoms with E-state index >= 15 is 0 Å². The van der Waals surface area contributed by atoms with Crippen molar-refractivity contribution >= 4 is 34.6 Å². The molecule has 0 radical (unpaired) electrons. The average Bonchev–Trinajstić information content (AvgIpc) is 3.21. The molecule has 1 aliphatic heterocycles. The summed E-state index contributed by atoms with van der Waals surface area (Å²) in [5.74, 6) is -0.782. The lowest BCUT2D eigenvalue weighted by Crippen LogP contribution is -2.35. The van der Waals surface area contributed by atoms with Crippen LogP contribution in [0.15, 0.2) is 43.0 Å². The van der Waals surface area contributed by atoms with E-state index in [9.17, 15) is 14.0 Å². The molecule has 3 rings (SSSR count). The molecular formula is C25H31FN4O4. The SMILES string of the molecule is C=C(Nc1ccc(NC(=O)CC(=O)N2CCC[C@H]2C)cc1)c1c(N)cc(OCCOC)cc1F. The Morgan fingerprint density at radius 1 is 1.18 bits per heavy atom. The van der Waals surface area contributed by atoms with Gasteiger partial charge in [-0.05, 0) is 44.0 Å². The van der Waals surface area contributed by atoms with Gasteiger partial charge in [-0.1, -0.05) is 6.58 Å². The fourth-order valence-electron chi connectivity index (χ4n) is 3.87. The van der Waals surface area contributed by atoms with Crippen LogP contribution in [0.2, 0.25) is 0 Å². The number of carbonyl (C=O) groups excluding carboxylic acids is 2. The van der Waals surface area contributed by atoms with Crippen LogP contribution in [0.1, 0.15) is 31.7 Å². The average molecular weight is 471 g/mol. The van der Waals surface area contributed by atoms with Crippen molar-refractivity contribution in [2.24, 2.45) is 0 Å². The molecule has 0 spiro atoms. The summed E-state index contributed by atoms with van der Waals surface area (Å²) in [6.45, 7) is 7.24. The third-order valence-electron chi connectivity index (χ3n) is 5.60. The van der Waals surface area contributed by atoms with Gasteiger partial charge in [0.2, 0.25) is 11.8 Å². The molecule has 1 heterocycles. The van der Waals surface area contributed by atoms with Crippen molar-refractivity contribution in [3.63, 3.8) is 0 Å². The number of amides is 2. The molecule has 0 unspecified atom stereocenters. The second-order valence-electron chi connectivity index (χ2n) is 8.19. The number of nitrogen functional groups attached to an aromatic ring is 1. The van der Waals surface area contributed by atoms with Gasteiger partial charge in [-0.3, -0.25) is 9.59 Å². The number of hydrogen-bond donors (Lipinski definition) is 3. The fourth-order valence-corrected chi connectivity index (χ4v) is 3.87. The van der Waals surface area contributed by atoms with Crippen LogP contribution in [0.3, 0.4) is 0 Å². The summed E-state index contributed by atoms with van der Waals surface area (Å²) in [6, 6.07) is 9.74. The minimum Gasteiger partial charge on any atom is -0.491 e. The standard InChI is InChI=1S/C25H31FN4O4/c1-16-5-4-10-30(16)24(32)15-23(31)29-19-8-6-18(7-9-19)28-17(2)25-21(26)13-20(14-22(25)27)34-12-11-33-3/h6-9,13-14,16,28H,2,4-5,10-12,15,27H2,1,3H3,(H,29,31)/t16-/m1/s1. The van der Waals surface area contributed by atoms with E-state index in [1.807, 2.05) is 6.92 Å². The molecule has 0 aliphatic carbocycles. The third kappa shape index (κ3) is 6.48. The van der Waals surface area contributed by atoms with Crippen molar-refractivity contribution in [3.8, 4) is 5.75 Å². The molecule has 0 bridgehead atoms. The van der Waals surface area contributed by atoms with Crippen molar-refractivity contribution in [3.05, 3.63) is 54.4 Å². The topological polar surface area (TPSA) is 106 Å². The largest absolute Gasteiger partial charge is 0.491 e. The molecule has 2 aromatic carbocycles. The van der Waals surface area contributed by atoms with Gasteiger partial charge in [0.1, 0.15) is 24.6 Å². The highest BCUT2D eigenvalue weighted by Crippen LogP contribution is 2.30. The number of nitrogens with two attached hydrogens (primary N) is 1. The zero-order chi connectivity index (χ0) is 24.7. The van der Waals surface area contributed by atoms with Crippen molar-refractivity contribution in [2.45, 2.75) is 32.2 Å². The number of likely N-dealkylation sites (tertiary alicyclic amines) is 1. The molecule has 0 saturated carbocycles. The van der Waals surface area contributed by atoms with Crippen LogP contribution in [0.25, 0.3) is 5.70 Å². The summed E-state index contributed by atoms with van der Waals surface area (Å²) in [5.41, 5.74) is 7.81.